The molecule has 0 spiro atoms. The number of hydrogen-bond donors (Lipinski definition) is 1. The zero-order valence-corrected chi connectivity index (χ0v) is 11.3. The summed E-state index contributed by atoms with van der Waals surface area (Å²) in [7, 11) is 0. The number of alkyl halides is 3. The van der Waals surface area contributed by atoms with E-state index < -0.39 is 16.7 Å². The maximum Gasteiger partial charge on any atom is 0.416 e. The molecule has 0 aromatic heterocycles. The summed E-state index contributed by atoms with van der Waals surface area (Å²) in [5.41, 5.74) is -1.13. The van der Waals surface area contributed by atoms with Crippen LogP contribution in [0.15, 0.2) is 47.6 Å². The maximum absolute atomic E-state index is 12.5. The molecule has 1 N–H and O–H groups in total. The van der Waals surface area contributed by atoms with Crippen molar-refractivity contribution in [1.29, 1.82) is 0 Å². The van der Waals surface area contributed by atoms with Crippen molar-refractivity contribution >= 4 is 11.9 Å². The Morgan fingerprint density at radius 1 is 1.13 bits per heavy atom. The van der Waals surface area contributed by atoms with Crippen LogP contribution in [0.25, 0.3) is 0 Å². The molecule has 0 fully saturated rings. The van der Waals surface area contributed by atoms with Crippen LogP contribution >= 0.6 is 0 Å². The normalized spacial score (nSPS) is 11.6. The van der Waals surface area contributed by atoms with E-state index in [1.165, 1.54) is 12.1 Å². The molecule has 9 heteroatoms. The van der Waals surface area contributed by atoms with Gasteiger partial charge < -0.3 is 9.94 Å². The van der Waals surface area contributed by atoms with E-state index in [2.05, 4.69) is 5.16 Å². The van der Waals surface area contributed by atoms with Crippen LogP contribution < -0.4 is 4.74 Å². The molecule has 120 valence electrons. The smallest absolute Gasteiger partial charge is 0.416 e. The highest BCUT2D eigenvalue weighted by Crippen LogP contribution is 2.32. The summed E-state index contributed by atoms with van der Waals surface area (Å²) < 4.78 is 42.7. The highest BCUT2D eigenvalue weighted by atomic mass is 19.4. The molecule has 0 amide bonds. The van der Waals surface area contributed by atoms with Crippen LogP contribution in [0.4, 0.5) is 18.9 Å². The fourth-order valence-electron chi connectivity index (χ4n) is 1.78. The Morgan fingerprint density at radius 2 is 1.74 bits per heavy atom. The number of rotatable bonds is 4. The molecule has 0 aliphatic heterocycles. The van der Waals surface area contributed by atoms with Gasteiger partial charge in [0.1, 0.15) is 11.5 Å². The molecule has 0 saturated carbocycles. The third-order valence-corrected chi connectivity index (χ3v) is 2.81. The largest absolute Gasteiger partial charge is 0.457 e. The fraction of sp³-hybridized carbons (Fsp3) is 0.0714. The van der Waals surface area contributed by atoms with E-state index in [1.807, 2.05) is 0 Å². The maximum atomic E-state index is 12.5. The van der Waals surface area contributed by atoms with Gasteiger partial charge in [-0.05, 0) is 36.4 Å². The van der Waals surface area contributed by atoms with E-state index in [-0.39, 0.29) is 22.7 Å². The van der Waals surface area contributed by atoms with Gasteiger partial charge in [-0.2, -0.15) is 13.2 Å². The van der Waals surface area contributed by atoms with Crippen molar-refractivity contribution in [2.45, 2.75) is 6.18 Å². The molecule has 0 aliphatic carbocycles. The minimum absolute atomic E-state index is 0.0121. The van der Waals surface area contributed by atoms with Gasteiger partial charge in [-0.25, -0.2) is 0 Å². The standard InChI is InChI=1S/C14H9F3N2O4/c15-14(16,17)10-1-3-11(4-2-10)23-12-5-6-13(19(21)22)9(7-12)8-18-20/h1-8,20H. The number of nitrogens with zero attached hydrogens (tertiary/aromatic N) is 2. The quantitative estimate of drug-likeness (QED) is 0.395. The van der Waals surface area contributed by atoms with Crippen LogP contribution in [0, 0.1) is 10.1 Å². The monoisotopic (exact) mass is 326 g/mol. The predicted molar refractivity (Wildman–Crippen MR) is 74.0 cm³/mol. The van der Waals surface area contributed by atoms with Gasteiger partial charge in [0.2, 0.25) is 0 Å². The van der Waals surface area contributed by atoms with Crippen LogP contribution in [0.5, 0.6) is 11.5 Å². The van der Waals surface area contributed by atoms with Crippen molar-refractivity contribution in [3.05, 3.63) is 63.7 Å². The second kappa shape index (κ2) is 6.34. The lowest BCUT2D eigenvalue weighted by Gasteiger charge is -2.09. The molecule has 23 heavy (non-hydrogen) atoms. The number of ether oxygens (including phenoxy) is 1. The van der Waals surface area contributed by atoms with Crippen LogP contribution in [0.1, 0.15) is 11.1 Å². The summed E-state index contributed by atoms with van der Waals surface area (Å²) >= 11 is 0. The van der Waals surface area contributed by atoms with Gasteiger partial charge in [-0.1, -0.05) is 5.16 Å². The van der Waals surface area contributed by atoms with Crippen molar-refractivity contribution in [3.8, 4) is 11.5 Å². The highest BCUT2D eigenvalue weighted by Gasteiger charge is 2.30. The van der Waals surface area contributed by atoms with Gasteiger partial charge in [0, 0.05) is 6.07 Å². The van der Waals surface area contributed by atoms with Gasteiger partial charge in [-0.15, -0.1) is 0 Å². The summed E-state index contributed by atoms with van der Waals surface area (Å²) in [6.45, 7) is 0. The number of hydrogen-bond acceptors (Lipinski definition) is 5. The second-order valence-corrected chi connectivity index (χ2v) is 4.35. The molecule has 0 heterocycles. The summed E-state index contributed by atoms with van der Waals surface area (Å²) in [6.07, 6.45) is -3.59. The number of benzene rings is 2. The highest BCUT2D eigenvalue weighted by molar-refractivity contribution is 5.85. The molecule has 2 aromatic rings. The Kier molecular flexibility index (Phi) is 4.49. The third-order valence-electron chi connectivity index (χ3n) is 2.81. The summed E-state index contributed by atoms with van der Waals surface area (Å²) in [5.74, 6) is 0.268. The first-order chi connectivity index (χ1) is 10.8. The van der Waals surface area contributed by atoms with Crippen molar-refractivity contribution in [2.75, 3.05) is 0 Å². The lowest BCUT2D eigenvalue weighted by molar-refractivity contribution is -0.385. The Balaban J connectivity index is 2.26. The minimum atomic E-state index is -4.45. The molecular formula is C14H9F3N2O4. The van der Waals surface area contributed by atoms with Crippen LogP contribution in [0.3, 0.4) is 0 Å². The minimum Gasteiger partial charge on any atom is -0.457 e. The van der Waals surface area contributed by atoms with Gasteiger partial charge in [-0.3, -0.25) is 10.1 Å². The van der Waals surface area contributed by atoms with E-state index in [0.717, 1.165) is 36.5 Å². The number of oxime groups is 1. The predicted octanol–water partition coefficient (Wildman–Crippen LogP) is 4.21. The Bertz CT molecular complexity index is 743. The topological polar surface area (TPSA) is 85.0 Å². The first-order valence-corrected chi connectivity index (χ1v) is 6.12. The van der Waals surface area contributed by atoms with Crippen LogP contribution in [0.2, 0.25) is 0 Å². The van der Waals surface area contributed by atoms with Crippen molar-refractivity contribution in [1.82, 2.24) is 0 Å². The zero-order valence-electron chi connectivity index (χ0n) is 11.3. The first kappa shape index (κ1) is 16.3. The Morgan fingerprint density at radius 3 is 2.26 bits per heavy atom. The molecule has 0 atom stereocenters. The van der Waals surface area contributed by atoms with Crippen molar-refractivity contribution < 1.29 is 28.0 Å². The molecule has 0 bridgehead atoms. The number of nitro benzene ring substituents is 1. The van der Waals surface area contributed by atoms with Crippen molar-refractivity contribution in [3.63, 3.8) is 0 Å². The first-order valence-electron chi connectivity index (χ1n) is 6.12. The lowest BCUT2D eigenvalue weighted by atomic mass is 10.2. The lowest BCUT2D eigenvalue weighted by Crippen LogP contribution is -2.04. The molecule has 0 unspecified atom stereocenters. The summed E-state index contributed by atoms with van der Waals surface area (Å²) in [6, 6.07) is 7.62. The molecule has 0 aliphatic rings. The SMILES string of the molecule is O=[N+]([O-])c1ccc(Oc2ccc(C(F)(F)F)cc2)cc1C=NO. The number of halogens is 3. The molecule has 2 rings (SSSR count). The van der Waals surface area contributed by atoms with E-state index in [9.17, 15) is 23.3 Å². The van der Waals surface area contributed by atoms with Gasteiger partial charge in [0.05, 0.1) is 22.3 Å². The molecular weight excluding hydrogens is 317 g/mol. The fourth-order valence-corrected chi connectivity index (χ4v) is 1.78. The van der Waals surface area contributed by atoms with E-state index in [1.54, 1.807) is 0 Å². The van der Waals surface area contributed by atoms with Gasteiger partial charge in [0.25, 0.3) is 5.69 Å². The Hall–Kier alpha value is -3.10. The van der Waals surface area contributed by atoms with E-state index >= 15 is 0 Å². The van der Waals surface area contributed by atoms with E-state index in [0.29, 0.717) is 0 Å². The average Bonchev–Trinajstić information content (AvgIpc) is 2.47. The van der Waals surface area contributed by atoms with Gasteiger partial charge >= 0.3 is 6.18 Å². The number of nitro groups is 1. The third kappa shape index (κ3) is 3.96. The van der Waals surface area contributed by atoms with Gasteiger partial charge in [0.15, 0.2) is 0 Å². The average molecular weight is 326 g/mol. The van der Waals surface area contributed by atoms with Crippen LogP contribution in [-0.4, -0.2) is 16.3 Å². The molecule has 0 saturated heterocycles. The Labute approximate surface area is 127 Å². The summed E-state index contributed by atoms with van der Waals surface area (Å²) in [4.78, 5) is 10.1. The van der Waals surface area contributed by atoms with Crippen molar-refractivity contribution in [2.24, 2.45) is 5.16 Å². The second-order valence-electron chi connectivity index (χ2n) is 4.35. The zero-order chi connectivity index (χ0) is 17.0. The summed E-state index contributed by atoms with van der Waals surface area (Å²) in [5, 5.41) is 22.1. The molecule has 0 radical (unpaired) electrons. The van der Waals surface area contributed by atoms with E-state index in [4.69, 9.17) is 9.94 Å². The van der Waals surface area contributed by atoms with Crippen LogP contribution in [-0.2, 0) is 6.18 Å². The molecule has 2 aromatic carbocycles. The molecule has 6 nitrogen and oxygen atoms in total.